The predicted molar refractivity (Wildman–Crippen MR) is 181 cm³/mol. The van der Waals surface area contributed by atoms with Gasteiger partial charge in [0.25, 0.3) is 0 Å². The molecule has 0 spiro atoms. The summed E-state index contributed by atoms with van der Waals surface area (Å²) in [5, 5.41) is 105. The molecular weight excluding hydrogens is 740 g/mol. The molecule has 0 amide bonds. The van der Waals surface area contributed by atoms with Gasteiger partial charge >= 0.3 is 0 Å². The number of benzene rings is 2. The number of hydrogen-bond acceptors (Lipinski definition) is 20. The van der Waals surface area contributed by atoms with E-state index in [2.05, 4.69) is 0 Å². The van der Waals surface area contributed by atoms with E-state index in [1.165, 1.54) is 57.5 Å². The third-order valence-electron chi connectivity index (χ3n) is 9.75. The third-order valence-corrected chi connectivity index (χ3v) is 9.75. The molecular formula is C35H44O20. The van der Waals surface area contributed by atoms with Crippen molar-refractivity contribution >= 4 is 11.0 Å². The van der Waals surface area contributed by atoms with Gasteiger partial charge in [-0.15, -0.1) is 0 Å². The number of fused-ring (bicyclic) bond motifs is 1. The van der Waals surface area contributed by atoms with E-state index in [1.54, 1.807) is 0 Å². The molecule has 0 saturated carbocycles. The van der Waals surface area contributed by atoms with Gasteiger partial charge in [-0.2, -0.15) is 0 Å². The van der Waals surface area contributed by atoms with E-state index in [4.69, 9.17) is 42.3 Å². The highest BCUT2D eigenvalue weighted by Gasteiger charge is 2.51. The van der Waals surface area contributed by atoms with Crippen molar-refractivity contribution in [2.75, 3.05) is 27.4 Å². The maximum Gasteiger partial charge on any atom is 0.238 e. The maximum absolute atomic E-state index is 13.1. The van der Waals surface area contributed by atoms with Crippen LogP contribution in [0, 0.1) is 0 Å². The monoisotopic (exact) mass is 784 g/mol. The number of ether oxygens (including phenoxy) is 8. The van der Waals surface area contributed by atoms with Crippen molar-refractivity contribution < 1.29 is 93.4 Å². The molecule has 3 aliphatic rings. The molecule has 10 N–H and O–H groups in total. The van der Waals surface area contributed by atoms with Crippen molar-refractivity contribution in [2.24, 2.45) is 0 Å². The Morgan fingerprint density at radius 1 is 0.691 bits per heavy atom. The zero-order chi connectivity index (χ0) is 39.9. The SMILES string of the molecule is COc1cc(OC)c2c(=O)c(O)c(-c3ccc(OC4OC(COC5OC(C)C(O)C(O)C5OC5OC(CO)C(O)C(O)C5O)C(O)C(O)C4O)cc3)oc2c1. The summed E-state index contributed by atoms with van der Waals surface area (Å²) in [5.74, 6) is -0.302. The van der Waals surface area contributed by atoms with Gasteiger partial charge in [-0.3, -0.25) is 4.79 Å². The van der Waals surface area contributed by atoms with Crippen molar-refractivity contribution in [1.82, 2.24) is 0 Å². The van der Waals surface area contributed by atoms with E-state index in [0.29, 0.717) is 5.75 Å². The van der Waals surface area contributed by atoms with Crippen LogP contribution in [0.3, 0.4) is 0 Å². The van der Waals surface area contributed by atoms with E-state index in [9.17, 15) is 55.9 Å². The lowest BCUT2D eigenvalue weighted by atomic mass is 9.97. The van der Waals surface area contributed by atoms with Crippen LogP contribution < -0.4 is 19.6 Å². The summed E-state index contributed by atoms with van der Waals surface area (Å²) >= 11 is 0. The van der Waals surface area contributed by atoms with E-state index < -0.39 is 117 Å². The molecule has 0 aliphatic carbocycles. The van der Waals surface area contributed by atoms with Crippen molar-refractivity contribution in [3.63, 3.8) is 0 Å². The standard InChI is InChI=1S/C35H44O20/c1-12-21(37)27(43)32(55-34-30(46)25(41)22(38)18(10-36)53-34)35(50-12)49-11-19-23(39)26(42)29(45)33(54-19)51-14-6-4-13(5-7-14)31-28(44)24(40)20-16(48-3)8-15(47-2)9-17(20)52-31/h4-9,12,18-19,21-23,25-27,29-30,32-39,41-46H,10-11H2,1-3H3. The molecule has 3 aliphatic heterocycles. The molecule has 0 radical (unpaired) electrons. The Morgan fingerprint density at radius 3 is 1.96 bits per heavy atom. The quantitative estimate of drug-likeness (QED) is 0.0929. The van der Waals surface area contributed by atoms with Crippen LogP contribution in [0.25, 0.3) is 22.3 Å². The Kier molecular flexibility index (Phi) is 12.5. The van der Waals surface area contributed by atoms with E-state index >= 15 is 0 Å². The fourth-order valence-electron chi connectivity index (χ4n) is 6.50. The van der Waals surface area contributed by atoms with Crippen molar-refractivity contribution in [1.29, 1.82) is 0 Å². The van der Waals surface area contributed by atoms with Crippen LogP contribution in [0.5, 0.6) is 23.0 Å². The lowest BCUT2D eigenvalue weighted by Crippen LogP contribution is -2.64. The van der Waals surface area contributed by atoms with Crippen LogP contribution in [-0.4, -0.2) is 171 Å². The third kappa shape index (κ3) is 7.97. The molecule has 2 aromatic carbocycles. The topological polar surface area (TPSA) is 306 Å². The smallest absolute Gasteiger partial charge is 0.238 e. The molecule has 55 heavy (non-hydrogen) atoms. The van der Waals surface area contributed by atoms with Gasteiger partial charge in [0.05, 0.1) is 33.5 Å². The first-order valence-electron chi connectivity index (χ1n) is 17.2. The summed E-state index contributed by atoms with van der Waals surface area (Å²) in [4.78, 5) is 13.1. The highest BCUT2D eigenvalue weighted by atomic mass is 16.8. The van der Waals surface area contributed by atoms with Crippen molar-refractivity contribution in [3.8, 4) is 34.3 Å². The molecule has 15 unspecified atom stereocenters. The number of methoxy groups -OCH3 is 2. The van der Waals surface area contributed by atoms with Crippen LogP contribution in [-0.2, 0) is 23.7 Å². The number of aliphatic hydroxyl groups is 9. The summed E-state index contributed by atoms with van der Waals surface area (Å²) in [6.45, 7) is 0.0674. The fourth-order valence-corrected chi connectivity index (χ4v) is 6.50. The zero-order valence-corrected chi connectivity index (χ0v) is 29.6. The first-order valence-corrected chi connectivity index (χ1v) is 17.2. The molecule has 304 valence electrons. The molecule has 3 aromatic rings. The molecule has 3 fully saturated rings. The average Bonchev–Trinajstić information content (AvgIpc) is 3.19. The minimum Gasteiger partial charge on any atom is -0.502 e. The molecule has 1 aromatic heterocycles. The van der Waals surface area contributed by atoms with Gasteiger partial charge in [0.1, 0.15) is 95.4 Å². The summed E-state index contributed by atoms with van der Waals surface area (Å²) < 4.78 is 50.4. The zero-order valence-electron chi connectivity index (χ0n) is 29.6. The highest BCUT2D eigenvalue weighted by Crippen LogP contribution is 2.37. The maximum atomic E-state index is 13.1. The molecule has 6 rings (SSSR count). The van der Waals surface area contributed by atoms with Gasteiger partial charge in [0.2, 0.25) is 17.5 Å². The van der Waals surface area contributed by atoms with Crippen molar-refractivity contribution in [2.45, 2.75) is 99.0 Å². The van der Waals surface area contributed by atoms with Gasteiger partial charge in [-0.05, 0) is 31.2 Å². The Morgan fingerprint density at radius 2 is 1.33 bits per heavy atom. The van der Waals surface area contributed by atoms with Gasteiger partial charge in [0.15, 0.2) is 18.3 Å². The minimum atomic E-state index is -1.86. The van der Waals surface area contributed by atoms with Crippen LogP contribution >= 0.6 is 0 Å². The summed E-state index contributed by atoms with van der Waals surface area (Å²) in [7, 11) is 2.77. The Labute approximate surface area is 311 Å². The van der Waals surface area contributed by atoms with Crippen LogP contribution in [0.2, 0.25) is 0 Å². The van der Waals surface area contributed by atoms with Crippen LogP contribution in [0.15, 0.2) is 45.6 Å². The van der Waals surface area contributed by atoms with Gasteiger partial charge in [-0.1, -0.05) is 0 Å². The molecule has 3 saturated heterocycles. The molecule has 20 nitrogen and oxygen atoms in total. The normalized spacial score (nSPS) is 36.8. The number of hydrogen-bond donors (Lipinski definition) is 10. The first-order chi connectivity index (χ1) is 26.2. The van der Waals surface area contributed by atoms with Crippen LogP contribution in [0.1, 0.15) is 6.92 Å². The minimum absolute atomic E-state index is 0.00222. The molecule has 0 bridgehead atoms. The lowest BCUT2D eigenvalue weighted by molar-refractivity contribution is -0.369. The van der Waals surface area contributed by atoms with Gasteiger partial charge < -0.3 is 93.4 Å². The Hall–Kier alpha value is -3.71. The second-order valence-electron chi connectivity index (χ2n) is 13.3. The Bertz CT molecular complexity index is 1820. The largest absolute Gasteiger partial charge is 0.502 e. The summed E-state index contributed by atoms with van der Waals surface area (Å²) in [6.07, 6.45) is -24.2. The van der Waals surface area contributed by atoms with Gasteiger partial charge in [-0.25, -0.2) is 0 Å². The van der Waals surface area contributed by atoms with E-state index in [0.717, 1.165) is 0 Å². The van der Waals surface area contributed by atoms with Crippen LogP contribution in [0.4, 0.5) is 0 Å². The summed E-state index contributed by atoms with van der Waals surface area (Å²) in [5.41, 5.74) is -0.410. The first kappa shape index (κ1) is 40.9. The fraction of sp³-hybridized carbons (Fsp3) is 0.571. The number of rotatable bonds is 11. The lowest BCUT2D eigenvalue weighted by Gasteiger charge is -2.46. The van der Waals surface area contributed by atoms with Gasteiger partial charge in [0, 0.05) is 17.7 Å². The summed E-state index contributed by atoms with van der Waals surface area (Å²) in [6, 6.07) is 8.60. The predicted octanol–water partition coefficient (Wildman–Crippen LogP) is -2.96. The molecule has 20 heteroatoms. The Balaban J connectivity index is 1.16. The second kappa shape index (κ2) is 16.8. The molecule has 4 heterocycles. The van der Waals surface area contributed by atoms with E-state index in [-0.39, 0.29) is 33.8 Å². The molecule has 15 atom stereocenters. The average molecular weight is 785 g/mol. The highest BCUT2D eigenvalue weighted by molar-refractivity contribution is 5.88. The van der Waals surface area contributed by atoms with Crippen molar-refractivity contribution in [3.05, 3.63) is 46.6 Å². The second-order valence-corrected chi connectivity index (χ2v) is 13.3. The number of aliphatic hydroxyl groups excluding tert-OH is 9. The number of aromatic hydroxyl groups is 1. The van der Waals surface area contributed by atoms with E-state index in [1.807, 2.05) is 0 Å².